The monoisotopic (exact) mass is 597 g/mol. The second-order valence-corrected chi connectivity index (χ2v) is 13.7. The molecular formula is C32H40ClN3O4S. The number of anilines is 1. The van der Waals surface area contributed by atoms with E-state index in [1.54, 1.807) is 54.6 Å². The highest BCUT2D eigenvalue weighted by molar-refractivity contribution is 7.92. The average molecular weight is 598 g/mol. The summed E-state index contributed by atoms with van der Waals surface area (Å²) in [4.78, 5) is 29.2. The normalized spacial score (nSPS) is 12.5. The van der Waals surface area contributed by atoms with E-state index in [0.29, 0.717) is 22.7 Å². The van der Waals surface area contributed by atoms with E-state index >= 15 is 0 Å². The third kappa shape index (κ3) is 8.33. The minimum absolute atomic E-state index is 0.0820. The fourth-order valence-corrected chi connectivity index (χ4v) is 6.09. The van der Waals surface area contributed by atoms with Crippen LogP contribution in [-0.2, 0) is 26.2 Å². The smallest absolute Gasteiger partial charge is 0.264 e. The van der Waals surface area contributed by atoms with Gasteiger partial charge in [-0.05, 0) is 95.0 Å². The molecule has 0 saturated carbocycles. The number of rotatable bonds is 10. The van der Waals surface area contributed by atoms with Gasteiger partial charge in [0, 0.05) is 17.1 Å². The largest absolute Gasteiger partial charge is 0.350 e. The Hall–Kier alpha value is -3.36. The average Bonchev–Trinajstić information content (AvgIpc) is 2.89. The van der Waals surface area contributed by atoms with Gasteiger partial charge in [0.25, 0.3) is 10.0 Å². The fraction of sp³-hybridized carbons (Fsp3) is 0.375. The predicted octanol–water partition coefficient (Wildman–Crippen LogP) is 6.18. The van der Waals surface area contributed by atoms with Gasteiger partial charge in [-0.3, -0.25) is 13.9 Å². The third-order valence-corrected chi connectivity index (χ3v) is 8.70. The van der Waals surface area contributed by atoms with Crippen molar-refractivity contribution in [2.24, 2.45) is 0 Å². The second-order valence-electron chi connectivity index (χ2n) is 11.4. The first-order valence-corrected chi connectivity index (χ1v) is 15.5. The van der Waals surface area contributed by atoms with Crippen molar-refractivity contribution in [2.75, 3.05) is 10.8 Å². The summed E-state index contributed by atoms with van der Waals surface area (Å²) >= 11 is 6.09. The fourth-order valence-electron chi connectivity index (χ4n) is 4.50. The number of hydrogen-bond donors (Lipinski definition) is 1. The van der Waals surface area contributed by atoms with Crippen molar-refractivity contribution in [1.29, 1.82) is 0 Å². The molecule has 0 saturated heterocycles. The van der Waals surface area contributed by atoms with E-state index in [0.717, 1.165) is 21.0 Å². The van der Waals surface area contributed by atoms with Crippen LogP contribution in [0.3, 0.4) is 0 Å². The van der Waals surface area contributed by atoms with Crippen LogP contribution >= 0.6 is 11.6 Å². The van der Waals surface area contributed by atoms with Gasteiger partial charge in [0.1, 0.15) is 12.6 Å². The van der Waals surface area contributed by atoms with Crippen LogP contribution in [-0.4, -0.2) is 43.3 Å². The molecule has 0 fully saturated rings. The first kappa shape index (κ1) is 32.2. The molecule has 9 heteroatoms. The van der Waals surface area contributed by atoms with Crippen LogP contribution in [0.25, 0.3) is 0 Å². The molecular weight excluding hydrogens is 558 g/mol. The second kappa shape index (κ2) is 13.1. The maximum absolute atomic E-state index is 14.2. The Morgan fingerprint density at radius 3 is 2.05 bits per heavy atom. The molecule has 3 aromatic carbocycles. The molecule has 0 aromatic heterocycles. The molecule has 0 heterocycles. The lowest BCUT2D eigenvalue weighted by molar-refractivity contribution is -0.141. The molecule has 0 aliphatic heterocycles. The third-order valence-electron chi connectivity index (χ3n) is 6.67. The van der Waals surface area contributed by atoms with Crippen molar-refractivity contribution in [3.63, 3.8) is 0 Å². The van der Waals surface area contributed by atoms with Gasteiger partial charge in [0.2, 0.25) is 11.8 Å². The molecule has 1 N–H and O–H groups in total. The summed E-state index contributed by atoms with van der Waals surface area (Å²) in [5, 5.41) is 3.53. The molecule has 0 spiro atoms. The van der Waals surface area contributed by atoms with Gasteiger partial charge in [-0.2, -0.15) is 0 Å². The number of benzene rings is 3. The van der Waals surface area contributed by atoms with Crippen molar-refractivity contribution < 1.29 is 18.0 Å². The molecule has 2 amide bonds. The summed E-state index contributed by atoms with van der Waals surface area (Å²) < 4.78 is 29.3. The summed E-state index contributed by atoms with van der Waals surface area (Å²) in [7, 11) is -4.13. The number of carbonyl (C=O) groups excluding carboxylic acids is 2. The van der Waals surface area contributed by atoms with E-state index in [-0.39, 0.29) is 17.3 Å². The van der Waals surface area contributed by atoms with Crippen molar-refractivity contribution in [3.05, 3.63) is 94.0 Å². The van der Waals surface area contributed by atoms with Crippen LogP contribution in [0, 0.1) is 20.8 Å². The first-order valence-electron chi connectivity index (χ1n) is 13.6. The summed E-state index contributed by atoms with van der Waals surface area (Å²) in [6, 6.07) is 18.3. The zero-order valence-corrected chi connectivity index (χ0v) is 26.4. The topological polar surface area (TPSA) is 86.8 Å². The first-order chi connectivity index (χ1) is 19.1. The standard InChI is InChI=1S/C32H40ClN3O4S/c1-8-28(31(38)34-32(5,6)7)35(20-25-13-15-26(33)16-14-25)30(37)21-36(29-19-23(3)9-12-24(29)4)41(39,40)27-17-10-22(2)11-18-27/h9-19,28H,8,20-21H2,1-7H3,(H,34,38)/t28-/m0/s1. The zero-order valence-electron chi connectivity index (χ0n) is 24.9. The van der Waals surface area contributed by atoms with Crippen LogP contribution in [0.15, 0.2) is 71.6 Å². The zero-order chi connectivity index (χ0) is 30.5. The van der Waals surface area contributed by atoms with Crippen molar-refractivity contribution in [3.8, 4) is 0 Å². The highest BCUT2D eigenvalue weighted by Gasteiger charge is 2.35. The van der Waals surface area contributed by atoms with Gasteiger partial charge in [-0.25, -0.2) is 8.42 Å². The van der Waals surface area contributed by atoms with E-state index in [9.17, 15) is 18.0 Å². The van der Waals surface area contributed by atoms with E-state index in [4.69, 9.17) is 11.6 Å². The van der Waals surface area contributed by atoms with Gasteiger partial charge in [-0.15, -0.1) is 0 Å². The lowest BCUT2D eigenvalue weighted by atomic mass is 10.1. The van der Waals surface area contributed by atoms with Gasteiger partial charge in [0.15, 0.2) is 0 Å². The Kier molecular flexibility index (Phi) is 10.3. The molecule has 3 aromatic rings. The van der Waals surface area contributed by atoms with Crippen LogP contribution in [0.4, 0.5) is 5.69 Å². The number of aryl methyl sites for hydroxylation is 3. The highest BCUT2D eigenvalue weighted by atomic mass is 35.5. The summed E-state index contributed by atoms with van der Waals surface area (Å²) in [5.74, 6) is -0.797. The van der Waals surface area contributed by atoms with E-state index in [1.165, 1.54) is 4.90 Å². The lowest BCUT2D eigenvalue weighted by Crippen LogP contribution is -2.55. The molecule has 0 aliphatic carbocycles. The summed E-state index contributed by atoms with van der Waals surface area (Å²) in [6.45, 7) is 12.7. The molecule has 220 valence electrons. The van der Waals surface area contributed by atoms with E-state index in [1.807, 2.05) is 60.6 Å². The minimum Gasteiger partial charge on any atom is -0.350 e. The number of sulfonamides is 1. The Morgan fingerprint density at radius 1 is 0.902 bits per heavy atom. The lowest BCUT2D eigenvalue weighted by Gasteiger charge is -2.35. The Balaban J connectivity index is 2.11. The molecule has 0 aliphatic rings. The van der Waals surface area contributed by atoms with Crippen molar-refractivity contribution >= 4 is 39.1 Å². The maximum atomic E-state index is 14.2. The molecule has 0 unspecified atom stereocenters. The molecule has 0 bridgehead atoms. The van der Waals surface area contributed by atoms with Crippen LogP contribution in [0.2, 0.25) is 5.02 Å². The SMILES string of the molecule is CC[C@@H](C(=O)NC(C)(C)C)N(Cc1ccc(Cl)cc1)C(=O)CN(c1cc(C)ccc1C)S(=O)(=O)c1ccc(C)cc1. The van der Waals surface area contributed by atoms with Gasteiger partial charge in [-0.1, -0.05) is 60.5 Å². The highest BCUT2D eigenvalue weighted by Crippen LogP contribution is 2.29. The van der Waals surface area contributed by atoms with Crippen LogP contribution in [0.1, 0.15) is 56.4 Å². The molecule has 3 rings (SSSR count). The number of hydrogen-bond acceptors (Lipinski definition) is 4. The molecule has 1 atom stereocenters. The van der Waals surface area contributed by atoms with E-state index in [2.05, 4.69) is 5.32 Å². The summed E-state index contributed by atoms with van der Waals surface area (Å²) in [5.41, 5.74) is 3.15. The number of amides is 2. The van der Waals surface area contributed by atoms with Gasteiger partial charge in [0.05, 0.1) is 10.6 Å². The molecule has 0 radical (unpaired) electrons. The van der Waals surface area contributed by atoms with Gasteiger partial charge >= 0.3 is 0 Å². The number of nitrogens with one attached hydrogen (secondary N) is 1. The summed E-state index contributed by atoms with van der Waals surface area (Å²) in [6.07, 6.45) is 0.343. The molecule has 41 heavy (non-hydrogen) atoms. The maximum Gasteiger partial charge on any atom is 0.264 e. The minimum atomic E-state index is -4.13. The van der Waals surface area contributed by atoms with Crippen molar-refractivity contribution in [1.82, 2.24) is 10.2 Å². The predicted molar refractivity (Wildman–Crippen MR) is 166 cm³/mol. The number of carbonyl (C=O) groups is 2. The quantitative estimate of drug-likeness (QED) is 0.302. The molecule has 7 nitrogen and oxygen atoms in total. The van der Waals surface area contributed by atoms with Crippen LogP contribution in [0.5, 0.6) is 0 Å². The Bertz CT molecular complexity index is 1480. The number of halogens is 1. The Morgan fingerprint density at radius 2 is 1.49 bits per heavy atom. The van der Waals surface area contributed by atoms with Crippen LogP contribution < -0.4 is 9.62 Å². The number of nitrogens with zero attached hydrogens (tertiary/aromatic N) is 2. The van der Waals surface area contributed by atoms with Crippen molar-refractivity contribution in [2.45, 2.75) is 77.9 Å². The van der Waals surface area contributed by atoms with E-state index < -0.39 is 34.1 Å². The van der Waals surface area contributed by atoms with Gasteiger partial charge < -0.3 is 10.2 Å². The Labute approximate surface area is 249 Å².